The SMILES string of the molecule is CCCNCC(C1=CCCCC1)C1CCCCC1. The predicted molar refractivity (Wildman–Crippen MR) is 79.8 cm³/mol. The Balaban J connectivity index is 1.94. The van der Waals surface area contributed by atoms with Crippen LogP contribution >= 0.6 is 0 Å². The lowest BCUT2D eigenvalue weighted by molar-refractivity contribution is 0.263. The molecule has 1 unspecified atom stereocenters. The van der Waals surface area contributed by atoms with E-state index in [0.717, 1.165) is 11.8 Å². The first-order valence-electron chi connectivity index (χ1n) is 8.31. The molecule has 0 spiro atoms. The number of rotatable bonds is 6. The fourth-order valence-corrected chi connectivity index (χ4v) is 3.77. The zero-order chi connectivity index (χ0) is 12.6. The van der Waals surface area contributed by atoms with Crippen molar-refractivity contribution in [2.24, 2.45) is 11.8 Å². The van der Waals surface area contributed by atoms with Crippen molar-refractivity contribution in [2.45, 2.75) is 71.1 Å². The lowest BCUT2D eigenvalue weighted by Gasteiger charge is -2.33. The van der Waals surface area contributed by atoms with E-state index in [1.165, 1.54) is 77.3 Å². The molecular weight excluding hydrogens is 218 g/mol. The first kappa shape index (κ1) is 14.1. The molecule has 0 amide bonds. The van der Waals surface area contributed by atoms with E-state index in [-0.39, 0.29) is 0 Å². The van der Waals surface area contributed by atoms with Crippen LogP contribution in [0, 0.1) is 11.8 Å². The largest absolute Gasteiger partial charge is 0.316 e. The van der Waals surface area contributed by atoms with E-state index >= 15 is 0 Å². The van der Waals surface area contributed by atoms with Gasteiger partial charge in [-0.2, -0.15) is 0 Å². The zero-order valence-electron chi connectivity index (χ0n) is 12.2. The lowest BCUT2D eigenvalue weighted by Crippen LogP contribution is -2.31. The summed E-state index contributed by atoms with van der Waals surface area (Å²) in [7, 11) is 0. The van der Waals surface area contributed by atoms with Crippen molar-refractivity contribution >= 4 is 0 Å². The molecule has 0 aliphatic heterocycles. The molecule has 1 atom stereocenters. The summed E-state index contributed by atoms with van der Waals surface area (Å²) in [4.78, 5) is 0. The van der Waals surface area contributed by atoms with Crippen molar-refractivity contribution in [3.05, 3.63) is 11.6 Å². The van der Waals surface area contributed by atoms with Crippen LogP contribution in [0.2, 0.25) is 0 Å². The maximum atomic E-state index is 3.69. The van der Waals surface area contributed by atoms with E-state index in [1.54, 1.807) is 5.57 Å². The molecule has 2 aliphatic rings. The molecular formula is C17H31N. The average molecular weight is 249 g/mol. The quantitative estimate of drug-likeness (QED) is 0.532. The van der Waals surface area contributed by atoms with Crippen molar-refractivity contribution in [1.82, 2.24) is 5.32 Å². The molecule has 18 heavy (non-hydrogen) atoms. The highest BCUT2D eigenvalue weighted by Crippen LogP contribution is 2.36. The van der Waals surface area contributed by atoms with E-state index in [9.17, 15) is 0 Å². The van der Waals surface area contributed by atoms with Gasteiger partial charge >= 0.3 is 0 Å². The number of hydrogen-bond donors (Lipinski definition) is 1. The van der Waals surface area contributed by atoms with Gasteiger partial charge in [-0.25, -0.2) is 0 Å². The van der Waals surface area contributed by atoms with Gasteiger partial charge in [0.2, 0.25) is 0 Å². The number of nitrogens with one attached hydrogen (secondary N) is 1. The lowest BCUT2D eigenvalue weighted by atomic mass is 9.74. The highest BCUT2D eigenvalue weighted by atomic mass is 14.9. The molecule has 0 aromatic rings. The first-order chi connectivity index (χ1) is 8.92. The molecule has 2 rings (SSSR count). The number of hydrogen-bond acceptors (Lipinski definition) is 1. The monoisotopic (exact) mass is 249 g/mol. The second-order valence-electron chi connectivity index (χ2n) is 6.23. The van der Waals surface area contributed by atoms with Crippen LogP contribution in [-0.2, 0) is 0 Å². The zero-order valence-corrected chi connectivity index (χ0v) is 12.2. The summed E-state index contributed by atoms with van der Waals surface area (Å²) >= 11 is 0. The van der Waals surface area contributed by atoms with Crippen LogP contribution in [0.15, 0.2) is 11.6 Å². The molecule has 104 valence electrons. The van der Waals surface area contributed by atoms with Gasteiger partial charge < -0.3 is 5.32 Å². The van der Waals surface area contributed by atoms with Crippen LogP contribution in [0.25, 0.3) is 0 Å². The summed E-state index contributed by atoms with van der Waals surface area (Å²) in [5.74, 6) is 1.84. The summed E-state index contributed by atoms with van der Waals surface area (Å²) in [6, 6.07) is 0. The fraction of sp³-hybridized carbons (Fsp3) is 0.882. The third kappa shape index (κ3) is 4.12. The molecule has 1 N–H and O–H groups in total. The second kappa shape index (κ2) is 7.99. The van der Waals surface area contributed by atoms with Crippen LogP contribution < -0.4 is 5.32 Å². The van der Waals surface area contributed by atoms with Gasteiger partial charge in [-0.15, -0.1) is 0 Å². The van der Waals surface area contributed by atoms with Gasteiger partial charge in [-0.1, -0.05) is 37.8 Å². The summed E-state index contributed by atoms with van der Waals surface area (Å²) in [5, 5.41) is 3.69. The van der Waals surface area contributed by atoms with Gasteiger partial charge in [0.1, 0.15) is 0 Å². The number of allylic oxidation sites excluding steroid dienone is 1. The summed E-state index contributed by atoms with van der Waals surface area (Å²) in [6.45, 7) is 4.70. The van der Waals surface area contributed by atoms with Crippen LogP contribution in [0.1, 0.15) is 71.1 Å². The van der Waals surface area contributed by atoms with Crippen molar-refractivity contribution in [3.63, 3.8) is 0 Å². The molecule has 0 aromatic carbocycles. The third-order valence-electron chi connectivity index (χ3n) is 4.81. The Kier molecular flexibility index (Phi) is 6.26. The topological polar surface area (TPSA) is 12.0 Å². The standard InChI is InChI=1S/C17H31N/c1-2-13-18-14-17(15-9-5-3-6-10-15)16-11-7-4-8-12-16/h9,16-18H,2-8,10-14H2,1H3. The molecule has 0 aromatic heterocycles. The maximum Gasteiger partial charge on any atom is 0.00195 e. The molecule has 0 saturated heterocycles. The van der Waals surface area contributed by atoms with Gasteiger partial charge in [0.15, 0.2) is 0 Å². The Hall–Kier alpha value is -0.300. The van der Waals surface area contributed by atoms with Crippen molar-refractivity contribution < 1.29 is 0 Å². The molecule has 1 saturated carbocycles. The fourth-order valence-electron chi connectivity index (χ4n) is 3.77. The van der Waals surface area contributed by atoms with Crippen LogP contribution in [-0.4, -0.2) is 13.1 Å². The molecule has 0 heterocycles. The van der Waals surface area contributed by atoms with Crippen molar-refractivity contribution in [1.29, 1.82) is 0 Å². The van der Waals surface area contributed by atoms with E-state index < -0.39 is 0 Å². The first-order valence-corrected chi connectivity index (χ1v) is 8.31. The van der Waals surface area contributed by atoms with E-state index in [4.69, 9.17) is 0 Å². The van der Waals surface area contributed by atoms with E-state index in [2.05, 4.69) is 18.3 Å². The minimum atomic E-state index is 0.858. The Labute approximate surface area is 113 Å². The van der Waals surface area contributed by atoms with E-state index in [1.807, 2.05) is 0 Å². The maximum absolute atomic E-state index is 3.69. The van der Waals surface area contributed by atoms with Crippen LogP contribution in [0.3, 0.4) is 0 Å². The molecule has 1 nitrogen and oxygen atoms in total. The molecule has 1 heteroatoms. The van der Waals surface area contributed by atoms with Gasteiger partial charge in [0, 0.05) is 6.54 Å². The highest BCUT2D eigenvalue weighted by Gasteiger charge is 2.26. The van der Waals surface area contributed by atoms with Gasteiger partial charge in [-0.3, -0.25) is 0 Å². The summed E-state index contributed by atoms with van der Waals surface area (Å²) in [6.07, 6.45) is 16.8. The molecule has 1 fully saturated rings. The third-order valence-corrected chi connectivity index (χ3v) is 4.81. The summed E-state index contributed by atoms with van der Waals surface area (Å²) in [5.41, 5.74) is 1.80. The minimum Gasteiger partial charge on any atom is -0.316 e. The normalized spacial score (nSPS) is 23.7. The van der Waals surface area contributed by atoms with Crippen LogP contribution in [0.5, 0.6) is 0 Å². The van der Waals surface area contributed by atoms with E-state index in [0.29, 0.717) is 0 Å². The highest BCUT2D eigenvalue weighted by molar-refractivity contribution is 5.11. The van der Waals surface area contributed by atoms with Crippen molar-refractivity contribution in [2.75, 3.05) is 13.1 Å². The van der Waals surface area contributed by atoms with Gasteiger partial charge in [-0.05, 0) is 63.3 Å². The Bertz CT molecular complexity index is 250. The Morgan fingerprint density at radius 1 is 1.17 bits per heavy atom. The predicted octanol–water partition coefficient (Wildman–Crippen LogP) is 4.68. The molecule has 0 bridgehead atoms. The smallest absolute Gasteiger partial charge is 0.00195 e. The Morgan fingerprint density at radius 2 is 2.00 bits per heavy atom. The summed E-state index contributed by atoms with van der Waals surface area (Å²) < 4.78 is 0. The van der Waals surface area contributed by atoms with Gasteiger partial charge in [0.05, 0.1) is 0 Å². The molecule has 2 aliphatic carbocycles. The Morgan fingerprint density at radius 3 is 2.67 bits per heavy atom. The minimum absolute atomic E-state index is 0.858. The second-order valence-corrected chi connectivity index (χ2v) is 6.23. The molecule has 0 radical (unpaired) electrons. The van der Waals surface area contributed by atoms with Gasteiger partial charge in [0.25, 0.3) is 0 Å². The van der Waals surface area contributed by atoms with Crippen LogP contribution in [0.4, 0.5) is 0 Å². The average Bonchev–Trinajstić information content (AvgIpc) is 2.46. The van der Waals surface area contributed by atoms with Crippen molar-refractivity contribution in [3.8, 4) is 0 Å².